The first-order chi connectivity index (χ1) is 7.25. The second-order valence-corrected chi connectivity index (χ2v) is 4.94. The molecular formula is C10H26Cl2N2O4. The van der Waals surface area contributed by atoms with Crippen molar-refractivity contribution in [2.45, 2.75) is 24.4 Å². The summed E-state index contributed by atoms with van der Waals surface area (Å²) in [6, 6.07) is 0. The molecule has 6 nitrogen and oxygen atoms in total. The monoisotopic (exact) mass is 308 g/mol. The van der Waals surface area contributed by atoms with Gasteiger partial charge in [0.25, 0.3) is 0 Å². The number of quaternary nitrogens is 2. The van der Waals surface area contributed by atoms with Crippen LogP contribution < -0.4 is 34.6 Å². The van der Waals surface area contributed by atoms with Gasteiger partial charge in [0.2, 0.25) is 0 Å². The number of likely N-dealkylation sites (N-methyl/N-ethyl adjacent to an activating group) is 2. The van der Waals surface area contributed by atoms with Gasteiger partial charge in [-0.3, -0.25) is 0 Å². The average Bonchev–Trinajstić information content (AvgIpc) is 2.13. The quantitative estimate of drug-likeness (QED) is 0.282. The van der Waals surface area contributed by atoms with Gasteiger partial charge in [-0.25, -0.2) is 0 Å². The van der Waals surface area contributed by atoms with Crippen molar-refractivity contribution in [3.8, 4) is 0 Å². The normalized spacial score (nSPS) is 17.7. The van der Waals surface area contributed by atoms with E-state index in [-0.39, 0.29) is 24.8 Å². The van der Waals surface area contributed by atoms with Gasteiger partial charge in [0, 0.05) is 0 Å². The van der Waals surface area contributed by atoms with Crippen LogP contribution in [0.1, 0.15) is 0 Å². The molecule has 0 amide bonds. The molecule has 0 aromatic rings. The first kappa shape index (κ1) is 23.4. The van der Waals surface area contributed by atoms with Crippen molar-refractivity contribution in [2.24, 2.45) is 0 Å². The Bertz CT molecular complexity index is 179. The highest BCUT2D eigenvalue weighted by Crippen LogP contribution is 2.03. The Morgan fingerprint density at radius 3 is 1.06 bits per heavy atom. The number of hydrogen-bond donors (Lipinski definition) is 6. The van der Waals surface area contributed by atoms with Crippen LogP contribution in [0, 0.1) is 0 Å². The summed E-state index contributed by atoms with van der Waals surface area (Å²) in [7, 11) is 7.34. The van der Waals surface area contributed by atoms with Crippen molar-refractivity contribution in [3.05, 3.63) is 0 Å². The van der Waals surface area contributed by atoms with E-state index in [9.17, 15) is 20.4 Å². The average molecular weight is 309 g/mol. The maximum absolute atomic E-state index is 9.64. The van der Waals surface area contributed by atoms with Crippen LogP contribution in [0.5, 0.6) is 0 Å². The SMILES string of the molecule is C[NH+](C)CC(O)C(O)C(O)C(O)C[NH+](C)C.[Cl-].[Cl-]. The van der Waals surface area contributed by atoms with E-state index in [0.29, 0.717) is 13.1 Å². The third kappa shape index (κ3) is 9.29. The van der Waals surface area contributed by atoms with Crippen molar-refractivity contribution in [1.29, 1.82) is 0 Å². The second-order valence-electron chi connectivity index (χ2n) is 4.94. The number of nitrogens with one attached hydrogen (secondary N) is 2. The van der Waals surface area contributed by atoms with Crippen LogP contribution in [0.15, 0.2) is 0 Å². The molecule has 18 heavy (non-hydrogen) atoms. The maximum atomic E-state index is 9.64. The number of hydrogen-bond acceptors (Lipinski definition) is 4. The Kier molecular flexibility index (Phi) is 14.6. The molecule has 0 aromatic carbocycles. The van der Waals surface area contributed by atoms with Gasteiger partial charge >= 0.3 is 0 Å². The van der Waals surface area contributed by atoms with Gasteiger partial charge < -0.3 is 55.0 Å². The smallest absolute Gasteiger partial charge is 0.131 e. The lowest BCUT2D eigenvalue weighted by Crippen LogP contribution is -3.07. The van der Waals surface area contributed by atoms with Gasteiger partial charge in [0.1, 0.15) is 37.5 Å². The highest BCUT2D eigenvalue weighted by atomic mass is 35.5. The van der Waals surface area contributed by atoms with Crippen molar-refractivity contribution in [2.75, 3.05) is 41.3 Å². The molecule has 0 aliphatic heterocycles. The van der Waals surface area contributed by atoms with Crippen molar-refractivity contribution >= 4 is 0 Å². The molecule has 6 N–H and O–H groups in total. The fourth-order valence-corrected chi connectivity index (χ4v) is 1.53. The van der Waals surface area contributed by atoms with Crippen molar-refractivity contribution in [1.82, 2.24) is 0 Å². The number of rotatable bonds is 7. The molecule has 0 bridgehead atoms. The van der Waals surface area contributed by atoms with Gasteiger partial charge in [-0.2, -0.15) is 0 Å². The van der Waals surface area contributed by atoms with E-state index in [1.54, 1.807) is 0 Å². The minimum atomic E-state index is -1.32. The summed E-state index contributed by atoms with van der Waals surface area (Å²) in [5, 5.41) is 38.5. The Morgan fingerprint density at radius 1 is 0.667 bits per heavy atom. The summed E-state index contributed by atoms with van der Waals surface area (Å²) >= 11 is 0. The van der Waals surface area contributed by atoms with E-state index >= 15 is 0 Å². The van der Waals surface area contributed by atoms with Crippen LogP contribution >= 0.6 is 0 Å². The van der Waals surface area contributed by atoms with Gasteiger partial charge in [0.15, 0.2) is 0 Å². The zero-order valence-electron chi connectivity index (χ0n) is 11.3. The van der Waals surface area contributed by atoms with E-state index in [0.717, 1.165) is 9.80 Å². The second kappa shape index (κ2) is 11.2. The fraction of sp³-hybridized carbons (Fsp3) is 1.00. The predicted octanol–water partition coefficient (Wildman–Crippen LogP) is -11.3. The highest BCUT2D eigenvalue weighted by molar-refractivity contribution is 4.79. The van der Waals surface area contributed by atoms with Crippen molar-refractivity contribution < 1.29 is 55.0 Å². The zero-order chi connectivity index (χ0) is 12.9. The van der Waals surface area contributed by atoms with Crippen LogP contribution in [0.25, 0.3) is 0 Å². The standard InChI is InChI=1S/C10H24N2O4.2ClH/c1-11(2)5-7(13)9(15)10(16)8(14)6-12(3)4;;/h7-10,13-16H,5-6H2,1-4H3;2*1H. The zero-order valence-corrected chi connectivity index (χ0v) is 12.8. The van der Waals surface area contributed by atoms with E-state index in [1.807, 2.05) is 28.2 Å². The van der Waals surface area contributed by atoms with Gasteiger partial charge in [-0.15, -0.1) is 0 Å². The highest BCUT2D eigenvalue weighted by Gasteiger charge is 2.32. The van der Waals surface area contributed by atoms with Crippen LogP contribution in [0.4, 0.5) is 0 Å². The van der Waals surface area contributed by atoms with Crippen LogP contribution in [-0.4, -0.2) is 86.1 Å². The number of aliphatic hydroxyl groups excluding tert-OH is 4. The van der Waals surface area contributed by atoms with E-state index in [4.69, 9.17) is 0 Å². The topological polar surface area (TPSA) is 89.8 Å². The summed E-state index contributed by atoms with van der Waals surface area (Å²) in [5.41, 5.74) is 0. The summed E-state index contributed by atoms with van der Waals surface area (Å²) in [6.45, 7) is 0.638. The van der Waals surface area contributed by atoms with Gasteiger partial charge in [-0.05, 0) is 0 Å². The molecule has 114 valence electrons. The van der Waals surface area contributed by atoms with E-state index in [2.05, 4.69) is 0 Å². The minimum absolute atomic E-state index is 0. The lowest BCUT2D eigenvalue weighted by atomic mass is 10.0. The Balaban J connectivity index is -0.00000112. The van der Waals surface area contributed by atoms with Crippen LogP contribution in [-0.2, 0) is 0 Å². The molecule has 0 spiro atoms. The van der Waals surface area contributed by atoms with Crippen LogP contribution in [0.2, 0.25) is 0 Å². The van der Waals surface area contributed by atoms with Crippen molar-refractivity contribution in [3.63, 3.8) is 0 Å². The van der Waals surface area contributed by atoms with Gasteiger partial charge in [0.05, 0.1) is 28.2 Å². The number of halogens is 2. The predicted molar refractivity (Wildman–Crippen MR) is 59.4 cm³/mol. The molecule has 0 aliphatic rings. The molecule has 4 atom stereocenters. The molecule has 0 aliphatic carbocycles. The minimum Gasteiger partial charge on any atom is -1.00 e. The lowest BCUT2D eigenvalue weighted by molar-refractivity contribution is -0.863. The Morgan fingerprint density at radius 2 is 0.889 bits per heavy atom. The van der Waals surface area contributed by atoms with E-state index < -0.39 is 24.4 Å². The summed E-state index contributed by atoms with van der Waals surface area (Å²) in [6.07, 6.45) is -4.70. The van der Waals surface area contributed by atoms with E-state index in [1.165, 1.54) is 0 Å². The third-order valence-corrected chi connectivity index (χ3v) is 2.37. The molecule has 8 heteroatoms. The lowest BCUT2D eigenvalue weighted by Gasteiger charge is -2.27. The maximum Gasteiger partial charge on any atom is 0.131 e. The molecular weight excluding hydrogens is 283 g/mol. The third-order valence-electron chi connectivity index (χ3n) is 2.37. The fourth-order valence-electron chi connectivity index (χ4n) is 1.53. The Labute approximate surface area is 121 Å². The molecule has 0 heterocycles. The summed E-state index contributed by atoms with van der Waals surface area (Å²) < 4.78 is 0. The van der Waals surface area contributed by atoms with Gasteiger partial charge in [-0.1, -0.05) is 0 Å². The molecule has 0 aromatic heterocycles. The summed E-state index contributed by atoms with van der Waals surface area (Å²) in [5.74, 6) is 0. The first-order valence-corrected chi connectivity index (χ1v) is 5.56. The molecule has 4 unspecified atom stereocenters. The summed E-state index contributed by atoms with van der Waals surface area (Å²) in [4.78, 5) is 1.93. The molecule has 0 rings (SSSR count). The van der Waals surface area contributed by atoms with Crippen LogP contribution in [0.3, 0.4) is 0 Å². The molecule has 0 saturated carbocycles. The molecule has 0 fully saturated rings. The molecule has 0 saturated heterocycles. The molecule has 0 radical (unpaired) electrons. The number of aliphatic hydroxyl groups is 4. The Hall–Kier alpha value is 0.340. The first-order valence-electron chi connectivity index (χ1n) is 5.56. The largest absolute Gasteiger partial charge is 1.00 e.